The molecule has 0 radical (unpaired) electrons. The first-order valence-corrected chi connectivity index (χ1v) is 11.9. The maximum absolute atomic E-state index is 12.3. The average Bonchev–Trinajstić information content (AvgIpc) is 2.79. The van der Waals surface area contributed by atoms with Crippen LogP contribution >= 0.6 is 0 Å². The number of nitrogens with one attached hydrogen (secondary N) is 1. The van der Waals surface area contributed by atoms with E-state index in [0.717, 1.165) is 68.8 Å². The van der Waals surface area contributed by atoms with Gasteiger partial charge in [0.05, 0.1) is 19.1 Å². The summed E-state index contributed by atoms with van der Waals surface area (Å²) >= 11 is 0. The Kier molecular flexibility index (Phi) is 20.4. The summed E-state index contributed by atoms with van der Waals surface area (Å²) in [5.41, 5.74) is 3.40. The molecule has 0 spiro atoms. The molecule has 0 bridgehead atoms. The first kappa shape index (κ1) is 34.6. The molecule has 1 aromatic carbocycles. The predicted octanol–water partition coefficient (Wildman–Crippen LogP) is 5.79. The summed E-state index contributed by atoms with van der Waals surface area (Å²) in [7, 11) is 0. The van der Waals surface area contributed by atoms with Gasteiger partial charge >= 0.3 is 31.1 Å². The SMILES string of the molecule is CCC(C)=CC=N/C=C(\C)C(CCC1OCCCO1)NC(=O)[C-]1C[CH-]C1.[CH2-]c1ccccc1.[U+2].[U]. The molecule has 1 aromatic rings. The van der Waals surface area contributed by atoms with Crippen LogP contribution in [0.15, 0.2) is 58.7 Å². The first-order chi connectivity index (χ1) is 16.0. The molecule has 0 aromatic heterocycles. The predicted molar refractivity (Wildman–Crippen MR) is 135 cm³/mol. The largest absolute Gasteiger partial charge is 2.00 e. The van der Waals surface area contributed by atoms with Crippen LogP contribution in [0.1, 0.15) is 64.9 Å². The van der Waals surface area contributed by atoms with Crippen LogP contribution in [-0.4, -0.2) is 37.7 Å². The normalized spacial score (nSPS) is 17.3. The molecule has 5 nitrogen and oxygen atoms in total. The van der Waals surface area contributed by atoms with Crippen molar-refractivity contribution in [3.05, 3.63) is 78.6 Å². The Morgan fingerprint density at radius 3 is 2.43 bits per heavy atom. The van der Waals surface area contributed by atoms with Crippen molar-refractivity contribution in [3.63, 3.8) is 0 Å². The fourth-order valence-corrected chi connectivity index (χ4v) is 3.17. The van der Waals surface area contributed by atoms with Crippen molar-refractivity contribution in [2.75, 3.05) is 13.2 Å². The average molecular weight is 928 g/mol. The topological polar surface area (TPSA) is 59.9 Å². The zero-order valence-corrected chi connectivity index (χ0v) is 29.7. The molecule has 3 rings (SSSR count). The standard InChI is InChI=1S/C21H32N2O3.C7H7.2U/c1-4-16(2)11-12-22-15-17(3)19(23-21(24)18-7-5-8-18)9-10-20-25-13-6-14-26-20;1-7-5-3-2-4-6-7;;/h5,11-12,15,19-20H,4,6-10,13-14H2,1-3H3,(H,23,24);2-6H,1H2;;/q-2;-1;;+2/b16-11?,17-15+,22-12?;;;. The van der Waals surface area contributed by atoms with Crippen molar-refractivity contribution in [1.82, 2.24) is 5.32 Å². The number of hydrogen-bond donors (Lipinski definition) is 1. The molecule has 35 heavy (non-hydrogen) atoms. The molecule has 2 fully saturated rings. The van der Waals surface area contributed by atoms with E-state index < -0.39 is 0 Å². The summed E-state index contributed by atoms with van der Waals surface area (Å²) in [6.45, 7) is 11.4. The number of amides is 1. The third-order valence-corrected chi connectivity index (χ3v) is 5.67. The summed E-state index contributed by atoms with van der Waals surface area (Å²) in [6.07, 6.45) is 12.7. The fraction of sp³-hybridized carbons (Fsp3) is 0.464. The van der Waals surface area contributed by atoms with E-state index in [1.807, 2.05) is 55.7 Å². The number of benzene rings is 1. The van der Waals surface area contributed by atoms with Gasteiger partial charge in [-0.3, -0.25) is 17.8 Å². The van der Waals surface area contributed by atoms with E-state index >= 15 is 0 Å². The number of allylic oxidation sites excluding steroid dienone is 2. The molecule has 1 N–H and O–H groups in total. The van der Waals surface area contributed by atoms with Gasteiger partial charge in [-0.25, -0.2) is 0 Å². The third kappa shape index (κ3) is 14.8. The molecule has 1 aliphatic carbocycles. The number of nitrogens with zero attached hydrogens (tertiary/aromatic N) is 1. The van der Waals surface area contributed by atoms with E-state index in [2.05, 4.69) is 37.5 Å². The Hall–Kier alpha value is -0.396. The molecule has 1 saturated heterocycles. The molecular weight excluding hydrogens is 888 g/mol. The Morgan fingerprint density at radius 2 is 1.91 bits per heavy atom. The van der Waals surface area contributed by atoms with Gasteiger partial charge in [-0.1, -0.05) is 18.6 Å². The zero-order chi connectivity index (χ0) is 23.9. The van der Waals surface area contributed by atoms with E-state index in [1.54, 1.807) is 0 Å². The van der Waals surface area contributed by atoms with Crippen molar-refractivity contribution in [2.24, 2.45) is 4.99 Å². The molecule has 1 aliphatic heterocycles. The number of hydrogen-bond acceptors (Lipinski definition) is 4. The number of rotatable bonds is 9. The van der Waals surface area contributed by atoms with Crippen LogP contribution in [0.2, 0.25) is 0 Å². The number of carbonyl (C=O) groups is 1. The smallest absolute Gasteiger partial charge is 0.381 e. The maximum Gasteiger partial charge on any atom is 2.00 e. The first-order valence-electron chi connectivity index (χ1n) is 11.9. The second-order valence-electron chi connectivity index (χ2n) is 8.45. The number of aliphatic imine (C=N–C) groups is 1. The minimum atomic E-state index is -0.167. The van der Waals surface area contributed by atoms with Crippen LogP contribution < -0.4 is 5.32 Å². The van der Waals surface area contributed by atoms with Gasteiger partial charge in [0, 0.05) is 56.0 Å². The van der Waals surface area contributed by atoms with Crippen LogP contribution in [0.5, 0.6) is 0 Å². The number of carbonyl (C=O) groups excluding carboxylic acids is 1. The molecule has 1 amide bonds. The van der Waals surface area contributed by atoms with Gasteiger partial charge < -0.3 is 31.9 Å². The van der Waals surface area contributed by atoms with Gasteiger partial charge in [0.2, 0.25) is 0 Å². The maximum atomic E-state index is 12.3. The van der Waals surface area contributed by atoms with E-state index in [9.17, 15) is 4.79 Å². The zero-order valence-electron chi connectivity index (χ0n) is 21.4. The summed E-state index contributed by atoms with van der Waals surface area (Å²) in [5.74, 6) is 1.01. The Labute approximate surface area is 260 Å². The van der Waals surface area contributed by atoms with Crippen molar-refractivity contribution >= 4 is 12.1 Å². The van der Waals surface area contributed by atoms with Crippen molar-refractivity contribution in [1.29, 1.82) is 0 Å². The minimum Gasteiger partial charge on any atom is -0.381 e. The van der Waals surface area contributed by atoms with Gasteiger partial charge in [0.15, 0.2) is 6.29 Å². The molecular formula is C28H39N2O3U2-. The Bertz CT molecular complexity index is 787. The molecule has 2 aliphatic rings. The second kappa shape index (κ2) is 20.6. The minimum absolute atomic E-state index is 0. The van der Waals surface area contributed by atoms with Crippen LogP contribution in [-0.2, 0) is 14.3 Å². The molecule has 1 saturated carbocycles. The summed E-state index contributed by atoms with van der Waals surface area (Å²) in [4.78, 5) is 16.7. The van der Waals surface area contributed by atoms with Crippen LogP contribution in [0.25, 0.3) is 0 Å². The van der Waals surface area contributed by atoms with E-state index in [4.69, 9.17) is 9.47 Å². The molecule has 7 heteroatoms. The Balaban J connectivity index is 0.00000110. The van der Waals surface area contributed by atoms with Gasteiger partial charge in [0.1, 0.15) is 0 Å². The molecule has 1 heterocycles. The number of ether oxygens (including phenoxy) is 2. The van der Waals surface area contributed by atoms with E-state index in [0.29, 0.717) is 0 Å². The van der Waals surface area contributed by atoms with Crippen LogP contribution in [0.4, 0.5) is 0 Å². The van der Waals surface area contributed by atoms with Crippen LogP contribution in [0.3, 0.4) is 0 Å². The third-order valence-electron chi connectivity index (χ3n) is 5.67. The van der Waals surface area contributed by atoms with E-state index in [-0.39, 0.29) is 80.5 Å². The van der Waals surface area contributed by atoms with Gasteiger partial charge in [-0.2, -0.15) is 24.6 Å². The summed E-state index contributed by atoms with van der Waals surface area (Å²) in [5, 5.41) is 3.15. The summed E-state index contributed by atoms with van der Waals surface area (Å²) in [6, 6.07) is 9.82. The van der Waals surface area contributed by atoms with Crippen molar-refractivity contribution < 1.29 is 76.5 Å². The van der Waals surface area contributed by atoms with Crippen molar-refractivity contribution in [3.8, 4) is 0 Å². The van der Waals surface area contributed by atoms with Gasteiger partial charge in [0.25, 0.3) is 0 Å². The molecule has 188 valence electrons. The molecule has 1 atom stereocenters. The fourth-order valence-electron chi connectivity index (χ4n) is 3.17. The van der Waals surface area contributed by atoms with Gasteiger partial charge in [-0.15, -0.1) is 12.1 Å². The van der Waals surface area contributed by atoms with Gasteiger partial charge in [-0.05, 0) is 44.8 Å². The quantitative estimate of drug-likeness (QED) is 0.253. The van der Waals surface area contributed by atoms with E-state index in [1.165, 1.54) is 5.57 Å². The second-order valence-corrected chi connectivity index (χ2v) is 8.45. The monoisotopic (exact) mass is 927 g/mol. The van der Waals surface area contributed by atoms with Crippen molar-refractivity contribution in [2.45, 2.75) is 71.6 Å². The molecule has 1 unspecified atom stereocenters. The Morgan fingerprint density at radius 1 is 1.26 bits per heavy atom. The summed E-state index contributed by atoms with van der Waals surface area (Å²) < 4.78 is 11.3. The van der Waals surface area contributed by atoms with Crippen LogP contribution in [0, 0.1) is 81.5 Å².